The molecule has 0 atom stereocenters. The molecule has 25 heavy (non-hydrogen) atoms. The van der Waals surface area contributed by atoms with Gasteiger partial charge in [-0.05, 0) is 56.7 Å². The van der Waals surface area contributed by atoms with Crippen molar-refractivity contribution in [2.45, 2.75) is 20.8 Å². The zero-order valence-corrected chi connectivity index (χ0v) is 15.2. The lowest BCUT2D eigenvalue weighted by Crippen LogP contribution is -2.37. The third kappa shape index (κ3) is 4.38. The molecule has 0 fully saturated rings. The molecule has 2 amide bonds. The van der Waals surface area contributed by atoms with Crippen molar-refractivity contribution in [2.75, 3.05) is 35.3 Å². The van der Waals surface area contributed by atoms with Crippen molar-refractivity contribution >= 4 is 28.9 Å². The van der Waals surface area contributed by atoms with Crippen LogP contribution >= 0.6 is 0 Å². The first-order valence-corrected chi connectivity index (χ1v) is 8.47. The molecule has 0 saturated heterocycles. The highest BCUT2D eigenvalue weighted by molar-refractivity contribution is 6.44. The van der Waals surface area contributed by atoms with Crippen LogP contribution in [0, 0.1) is 6.92 Å². The first-order valence-electron chi connectivity index (χ1n) is 8.47. The number of hydrogen-bond acceptors (Lipinski definition) is 3. The van der Waals surface area contributed by atoms with E-state index in [0.29, 0.717) is 11.4 Å². The van der Waals surface area contributed by atoms with Crippen LogP contribution in [0.15, 0.2) is 48.5 Å². The molecule has 132 valence electrons. The molecule has 2 aromatic carbocycles. The molecule has 2 rings (SSSR count). The third-order valence-corrected chi connectivity index (χ3v) is 4.23. The number of para-hydroxylation sites is 1. The standard InChI is InChI=1S/C20H25N3O2/c1-5-23(6-2)17-12-13-18(15(3)14-17)21-19(24)20(25)22(4)16-10-8-7-9-11-16/h7-14H,5-6H2,1-4H3,(H,21,24). The molecule has 0 spiro atoms. The van der Waals surface area contributed by atoms with Gasteiger partial charge in [-0.2, -0.15) is 0 Å². The highest BCUT2D eigenvalue weighted by Crippen LogP contribution is 2.23. The van der Waals surface area contributed by atoms with Gasteiger partial charge in [0.2, 0.25) is 0 Å². The van der Waals surface area contributed by atoms with Crippen LogP contribution in [0.5, 0.6) is 0 Å². The number of anilines is 3. The summed E-state index contributed by atoms with van der Waals surface area (Å²) in [6, 6.07) is 14.9. The first kappa shape index (κ1) is 18.5. The number of benzene rings is 2. The van der Waals surface area contributed by atoms with E-state index in [1.54, 1.807) is 19.2 Å². The van der Waals surface area contributed by atoms with Gasteiger partial charge in [0.1, 0.15) is 0 Å². The fourth-order valence-corrected chi connectivity index (χ4v) is 2.67. The average molecular weight is 339 g/mol. The van der Waals surface area contributed by atoms with E-state index in [0.717, 1.165) is 24.3 Å². The Labute approximate surface area is 149 Å². The second-order valence-corrected chi connectivity index (χ2v) is 5.83. The predicted octanol–water partition coefficient (Wildman–Crippen LogP) is 3.44. The van der Waals surface area contributed by atoms with Gasteiger partial charge in [0.05, 0.1) is 0 Å². The van der Waals surface area contributed by atoms with Crippen LogP contribution < -0.4 is 15.1 Å². The van der Waals surface area contributed by atoms with Gasteiger partial charge in [-0.15, -0.1) is 0 Å². The van der Waals surface area contributed by atoms with Crippen LogP contribution in [0.1, 0.15) is 19.4 Å². The zero-order valence-electron chi connectivity index (χ0n) is 15.2. The fourth-order valence-electron chi connectivity index (χ4n) is 2.67. The van der Waals surface area contributed by atoms with Crippen molar-refractivity contribution < 1.29 is 9.59 Å². The molecule has 5 nitrogen and oxygen atoms in total. The summed E-state index contributed by atoms with van der Waals surface area (Å²) in [5.74, 6) is -1.25. The molecule has 0 aliphatic heterocycles. The second-order valence-electron chi connectivity index (χ2n) is 5.83. The maximum absolute atomic E-state index is 12.3. The minimum Gasteiger partial charge on any atom is -0.372 e. The Bertz CT molecular complexity index is 740. The van der Waals surface area contributed by atoms with E-state index in [9.17, 15) is 9.59 Å². The Kier molecular flexibility index (Phi) is 6.17. The quantitative estimate of drug-likeness (QED) is 0.849. The molecule has 0 unspecified atom stereocenters. The lowest BCUT2D eigenvalue weighted by Gasteiger charge is -2.22. The normalized spacial score (nSPS) is 10.2. The largest absolute Gasteiger partial charge is 0.372 e. The molecule has 0 bridgehead atoms. The SMILES string of the molecule is CCN(CC)c1ccc(NC(=O)C(=O)N(C)c2ccccc2)c(C)c1. The van der Waals surface area contributed by atoms with Crippen molar-refractivity contribution in [3.8, 4) is 0 Å². The maximum Gasteiger partial charge on any atom is 0.316 e. The molecule has 0 aromatic heterocycles. The van der Waals surface area contributed by atoms with Crippen LogP contribution in [0.4, 0.5) is 17.1 Å². The van der Waals surface area contributed by atoms with Gasteiger partial charge in [0, 0.05) is 37.2 Å². The summed E-state index contributed by atoms with van der Waals surface area (Å²) in [5, 5.41) is 2.71. The predicted molar refractivity (Wildman–Crippen MR) is 103 cm³/mol. The third-order valence-electron chi connectivity index (χ3n) is 4.23. The molecule has 5 heteroatoms. The summed E-state index contributed by atoms with van der Waals surface area (Å²) in [4.78, 5) is 28.2. The summed E-state index contributed by atoms with van der Waals surface area (Å²) in [6.45, 7) is 7.97. The van der Waals surface area contributed by atoms with Crippen LogP contribution in [0.25, 0.3) is 0 Å². The zero-order chi connectivity index (χ0) is 18.4. The van der Waals surface area contributed by atoms with Gasteiger partial charge in [0.15, 0.2) is 0 Å². The van der Waals surface area contributed by atoms with Gasteiger partial charge in [-0.25, -0.2) is 0 Å². The number of nitrogens with one attached hydrogen (secondary N) is 1. The maximum atomic E-state index is 12.3. The number of likely N-dealkylation sites (N-methyl/N-ethyl adjacent to an activating group) is 1. The van der Waals surface area contributed by atoms with Crippen LogP contribution in [0.2, 0.25) is 0 Å². The molecule has 2 aromatic rings. The molecular formula is C20H25N3O2. The van der Waals surface area contributed by atoms with E-state index in [-0.39, 0.29) is 0 Å². The molecule has 0 heterocycles. The lowest BCUT2D eigenvalue weighted by atomic mass is 10.1. The summed E-state index contributed by atoms with van der Waals surface area (Å²) < 4.78 is 0. The molecule has 0 aliphatic rings. The van der Waals surface area contributed by atoms with Crippen LogP contribution in [0.3, 0.4) is 0 Å². The molecule has 0 saturated carbocycles. The van der Waals surface area contributed by atoms with Crippen molar-refractivity contribution in [1.82, 2.24) is 0 Å². The Hall–Kier alpha value is -2.82. The minimum atomic E-state index is -0.648. The molecule has 0 aliphatic carbocycles. The van der Waals surface area contributed by atoms with Gasteiger partial charge in [-0.1, -0.05) is 18.2 Å². The van der Waals surface area contributed by atoms with E-state index in [2.05, 4.69) is 24.1 Å². The number of rotatable bonds is 5. The monoisotopic (exact) mass is 339 g/mol. The second kappa shape index (κ2) is 8.33. The number of nitrogens with zero attached hydrogens (tertiary/aromatic N) is 2. The average Bonchev–Trinajstić information content (AvgIpc) is 2.64. The Morgan fingerprint density at radius 1 is 0.960 bits per heavy atom. The van der Waals surface area contributed by atoms with Crippen molar-refractivity contribution in [1.29, 1.82) is 0 Å². The molecule has 0 radical (unpaired) electrons. The summed E-state index contributed by atoms with van der Waals surface area (Å²) in [7, 11) is 1.59. The minimum absolute atomic E-state index is 0.599. The highest BCUT2D eigenvalue weighted by atomic mass is 16.2. The number of carbonyl (C=O) groups excluding carboxylic acids is 2. The van der Waals surface area contributed by atoms with Crippen LogP contribution in [-0.2, 0) is 9.59 Å². The summed E-state index contributed by atoms with van der Waals surface area (Å²) >= 11 is 0. The molecule has 1 N–H and O–H groups in total. The van der Waals surface area contributed by atoms with E-state index in [1.165, 1.54) is 4.90 Å². The van der Waals surface area contributed by atoms with Crippen molar-refractivity contribution in [3.05, 3.63) is 54.1 Å². The van der Waals surface area contributed by atoms with Crippen molar-refractivity contribution in [2.24, 2.45) is 0 Å². The molecular weight excluding hydrogens is 314 g/mol. The van der Waals surface area contributed by atoms with E-state index in [4.69, 9.17) is 0 Å². The Morgan fingerprint density at radius 3 is 2.16 bits per heavy atom. The highest BCUT2D eigenvalue weighted by Gasteiger charge is 2.20. The van der Waals surface area contributed by atoms with Crippen molar-refractivity contribution in [3.63, 3.8) is 0 Å². The summed E-state index contributed by atoms with van der Waals surface area (Å²) in [5.41, 5.74) is 3.35. The van der Waals surface area contributed by atoms with E-state index in [1.807, 2.05) is 43.3 Å². The number of amides is 2. The van der Waals surface area contributed by atoms with Gasteiger partial charge in [-0.3, -0.25) is 9.59 Å². The summed E-state index contributed by atoms with van der Waals surface area (Å²) in [6.07, 6.45) is 0. The lowest BCUT2D eigenvalue weighted by molar-refractivity contribution is -0.134. The smallest absolute Gasteiger partial charge is 0.316 e. The fraction of sp³-hybridized carbons (Fsp3) is 0.300. The number of carbonyl (C=O) groups is 2. The topological polar surface area (TPSA) is 52.7 Å². The van der Waals surface area contributed by atoms with Gasteiger partial charge >= 0.3 is 11.8 Å². The van der Waals surface area contributed by atoms with E-state index >= 15 is 0 Å². The van der Waals surface area contributed by atoms with Gasteiger partial charge in [0.25, 0.3) is 0 Å². The van der Waals surface area contributed by atoms with Crippen LogP contribution in [-0.4, -0.2) is 32.0 Å². The number of hydrogen-bond donors (Lipinski definition) is 1. The first-order chi connectivity index (χ1) is 12.0. The Morgan fingerprint density at radius 2 is 1.60 bits per heavy atom. The Balaban J connectivity index is 2.11. The van der Waals surface area contributed by atoms with Gasteiger partial charge < -0.3 is 15.1 Å². The van der Waals surface area contributed by atoms with E-state index < -0.39 is 11.8 Å². The number of aryl methyl sites for hydroxylation is 1.